The summed E-state index contributed by atoms with van der Waals surface area (Å²) in [6.07, 6.45) is 4.81. The summed E-state index contributed by atoms with van der Waals surface area (Å²) in [5, 5.41) is 9.75. The van der Waals surface area contributed by atoms with Crippen LogP contribution in [0.4, 0.5) is 0 Å². The number of aliphatic hydroxyl groups is 1. The van der Waals surface area contributed by atoms with Crippen LogP contribution in [0.5, 0.6) is 0 Å². The number of rotatable bonds is 3. The maximum Gasteiger partial charge on any atom is 0.0556 e. The van der Waals surface area contributed by atoms with E-state index in [1.165, 1.54) is 25.9 Å². The number of piperidine rings is 1. The second-order valence-electron chi connectivity index (χ2n) is 7.73. The van der Waals surface area contributed by atoms with Gasteiger partial charge in [-0.1, -0.05) is 20.8 Å². The molecule has 0 bridgehead atoms. The Morgan fingerprint density at radius 3 is 2.42 bits per heavy atom. The van der Waals surface area contributed by atoms with Crippen LogP contribution >= 0.6 is 0 Å². The van der Waals surface area contributed by atoms with Crippen LogP contribution in [0.1, 0.15) is 46.5 Å². The highest BCUT2D eigenvalue weighted by molar-refractivity contribution is 4.88. The van der Waals surface area contributed by atoms with Gasteiger partial charge in [0.1, 0.15) is 0 Å². The van der Waals surface area contributed by atoms with Crippen LogP contribution < -0.4 is 0 Å². The Labute approximate surface area is 118 Å². The molecule has 2 heterocycles. The van der Waals surface area contributed by atoms with E-state index in [1.54, 1.807) is 0 Å². The van der Waals surface area contributed by atoms with Gasteiger partial charge in [0.15, 0.2) is 0 Å². The molecule has 0 saturated carbocycles. The number of hydrogen-bond acceptors (Lipinski definition) is 3. The zero-order valence-corrected chi connectivity index (χ0v) is 13.0. The Hall–Kier alpha value is -0.120. The van der Waals surface area contributed by atoms with E-state index in [9.17, 15) is 5.11 Å². The number of ether oxygens (including phenoxy) is 1. The first-order valence-electron chi connectivity index (χ1n) is 7.86. The summed E-state index contributed by atoms with van der Waals surface area (Å²) in [6, 6.07) is 0. The molecule has 0 aromatic heterocycles. The Balaban J connectivity index is 1.84. The maximum atomic E-state index is 9.75. The summed E-state index contributed by atoms with van der Waals surface area (Å²) in [4.78, 5) is 2.55. The van der Waals surface area contributed by atoms with Gasteiger partial charge in [0.25, 0.3) is 0 Å². The highest BCUT2D eigenvalue weighted by Gasteiger charge is 2.36. The van der Waals surface area contributed by atoms with Crippen molar-refractivity contribution in [2.75, 3.05) is 39.5 Å². The molecule has 0 aromatic carbocycles. The van der Waals surface area contributed by atoms with E-state index in [-0.39, 0.29) is 12.0 Å². The summed E-state index contributed by atoms with van der Waals surface area (Å²) >= 11 is 0. The van der Waals surface area contributed by atoms with Gasteiger partial charge in [-0.3, -0.25) is 0 Å². The minimum atomic E-state index is 0.00677. The molecule has 2 saturated heterocycles. The smallest absolute Gasteiger partial charge is 0.0556 e. The topological polar surface area (TPSA) is 32.7 Å². The van der Waals surface area contributed by atoms with Crippen molar-refractivity contribution in [1.82, 2.24) is 4.90 Å². The average molecular weight is 269 g/mol. The molecule has 3 heteroatoms. The molecule has 0 spiro atoms. The van der Waals surface area contributed by atoms with E-state index in [2.05, 4.69) is 25.7 Å². The lowest BCUT2D eigenvalue weighted by Gasteiger charge is -2.44. The van der Waals surface area contributed by atoms with Crippen LogP contribution in [0, 0.1) is 16.7 Å². The van der Waals surface area contributed by atoms with Crippen molar-refractivity contribution in [1.29, 1.82) is 0 Å². The normalized spacial score (nSPS) is 31.6. The third kappa shape index (κ3) is 3.93. The standard InChI is InChI=1S/C16H31NO2/c1-15(2,3)14-5-8-17(9-6-14)11-16(12-18)7-4-10-19-13-16/h14,18H,4-13H2,1-3H3. The molecule has 3 nitrogen and oxygen atoms in total. The lowest BCUT2D eigenvalue weighted by molar-refractivity contribution is -0.0609. The van der Waals surface area contributed by atoms with Crippen LogP contribution in [-0.4, -0.2) is 49.5 Å². The zero-order valence-electron chi connectivity index (χ0n) is 13.0. The second-order valence-corrected chi connectivity index (χ2v) is 7.73. The summed E-state index contributed by atoms with van der Waals surface area (Å²) < 4.78 is 5.61. The lowest BCUT2D eigenvalue weighted by atomic mass is 9.74. The maximum absolute atomic E-state index is 9.75. The first kappa shape index (κ1) is 15.3. The summed E-state index contributed by atoms with van der Waals surface area (Å²) in [6.45, 7) is 12.3. The van der Waals surface area contributed by atoms with Crippen molar-refractivity contribution in [2.24, 2.45) is 16.7 Å². The molecule has 2 fully saturated rings. The van der Waals surface area contributed by atoms with E-state index in [1.807, 2.05) is 0 Å². The third-order valence-corrected chi connectivity index (χ3v) is 5.11. The van der Waals surface area contributed by atoms with Gasteiger partial charge in [0.2, 0.25) is 0 Å². The van der Waals surface area contributed by atoms with E-state index < -0.39 is 0 Å². The van der Waals surface area contributed by atoms with E-state index in [0.29, 0.717) is 5.41 Å². The summed E-state index contributed by atoms with van der Waals surface area (Å²) in [5.74, 6) is 0.844. The Morgan fingerprint density at radius 1 is 1.26 bits per heavy atom. The minimum absolute atomic E-state index is 0.00677. The van der Waals surface area contributed by atoms with Crippen molar-refractivity contribution in [3.8, 4) is 0 Å². The van der Waals surface area contributed by atoms with Crippen LogP contribution in [0.3, 0.4) is 0 Å². The van der Waals surface area contributed by atoms with E-state index in [0.717, 1.165) is 38.5 Å². The zero-order chi connectivity index (χ0) is 13.9. The summed E-state index contributed by atoms with van der Waals surface area (Å²) in [7, 11) is 0. The molecule has 19 heavy (non-hydrogen) atoms. The van der Waals surface area contributed by atoms with Gasteiger partial charge in [-0.05, 0) is 50.1 Å². The molecular weight excluding hydrogens is 238 g/mol. The van der Waals surface area contributed by atoms with Gasteiger partial charge < -0.3 is 14.7 Å². The molecular formula is C16H31NO2. The van der Waals surface area contributed by atoms with Crippen molar-refractivity contribution in [3.05, 3.63) is 0 Å². The average Bonchev–Trinajstić information content (AvgIpc) is 2.39. The van der Waals surface area contributed by atoms with Gasteiger partial charge in [-0.25, -0.2) is 0 Å². The van der Waals surface area contributed by atoms with E-state index in [4.69, 9.17) is 4.74 Å². The number of aliphatic hydroxyl groups excluding tert-OH is 1. The molecule has 0 aliphatic carbocycles. The van der Waals surface area contributed by atoms with Crippen LogP contribution in [-0.2, 0) is 4.74 Å². The molecule has 0 amide bonds. The van der Waals surface area contributed by atoms with Gasteiger partial charge in [0.05, 0.1) is 13.2 Å². The molecule has 1 atom stereocenters. The number of likely N-dealkylation sites (tertiary alicyclic amines) is 1. The minimum Gasteiger partial charge on any atom is -0.396 e. The van der Waals surface area contributed by atoms with Crippen molar-refractivity contribution in [3.63, 3.8) is 0 Å². The monoisotopic (exact) mass is 269 g/mol. The molecule has 0 radical (unpaired) electrons. The largest absolute Gasteiger partial charge is 0.396 e. The predicted molar refractivity (Wildman–Crippen MR) is 78.2 cm³/mol. The number of hydrogen-bond donors (Lipinski definition) is 1. The molecule has 112 valence electrons. The van der Waals surface area contributed by atoms with Gasteiger partial charge in [0, 0.05) is 18.6 Å². The SMILES string of the molecule is CC(C)(C)C1CCN(CC2(CO)CCCOC2)CC1. The fraction of sp³-hybridized carbons (Fsp3) is 1.00. The Bertz CT molecular complexity index is 271. The van der Waals surface area contributed by atoms with Gasteiger partial charge in [-0.15, -0.1) is 0 Å². The Kier molecular flexibility index (Phi) is 4.91. The van der Waals surface area contributed by atoms with E-state index >= 15 is 0 Å². The fourth-order valence-electron chi connectivity index (χ4n) is 3.64. The first-order chi connectivity index (χ1) is 8.95. The van der Waals surface area contributed by atoms with Crippen LogP contribution in [0.15, 0.2) is 0 Å². The summed E-state index contributed by atoms with van der Waals surface area (Å²) in [5.41, 5.74) is 0.446. The highest BCUT2D eigenvalue weighted by Crippen LogP contribution is 2.36. The third-order valence-electron chi connectivity index (χ3n) is 5.11. The lowest BCUT2D eigenvalue weighted by Crippen LogP contribution is -2.48. The van der Waals surface area contributed by atoms with Gasteiger partial charge >= 0.3 is 0 Å². The first-order valence-corrected chi connectivity index (χ1v) is 7.86. The van der Waals surface area contributed by atoms with Crippen LogP contribution in [0.2, 0.25) is 0 Å². The molecule has 1 unspecified atom stereocenters. The predicted octanol–water partition coefficient (Wildman–Crippen LogP) is 2.53. The molecule has 2 aliphatic heterocycles. The molecule has 2 aliphatic rings. The fourth-order valence-corrected chi connectivity index (χ4v) is 3.64. The van der Waals surface area contributed by atoms with Crippen molar-refractivity contribution in [2.45, 2.75) is 46.5 Å². The van der Waals surface area contributed by atoms with Crippen molar-refractivity contribution >= 4 is 0 Å². The van der Waals surface area contributed by atoms with Crippen molar-refractivity contribution < 1.29 is 9.84 Å². The second kappa shape index (κ2) is 6.11. The molecule has 1 N–H and O–H groups in total. The highest BCUT2D eigenvalue weighted by atomic mass is 16.5. The van der Waals surface area contributed by atoms with Crippen LogP contribution in [0.25, 0.3) is 0 Å². The molecule has 0 aromatic rings. The van der Waals surface area contributed by atoms with Gasteiger partial charge in [-0.2, -0.15) is 0 Å². The quantitative estimate of drug-likeness (QED) is 0.854. The Morgan fingerprint density at radius 2 is 1.95 bits per heavy atom. The molecule has 2 rings (SSSR count). The number of nitrogens with zero attached hydrogens (tertiary/aromatic N) is 1.